The molecule has 2 aromatic rings. The summed E-state index contributed by atoms with van der Waals surface area (Å²) < 4.78 is 5.06. The molecule has 0 aliphatic carbocycles. The lowest BCUT2D eigenvalue weighted by Gasteiger charge is -1.99. The van der Waals surface area contributed by atoms with Crippen molar-refractivity contribution in [2.24, 2.45) is 5.73 Å². The molecule has 0 bridgehead atoms. The zero-order valence-corrected chi connectivity index (χ0v) is 8.71. The van der Waals surface area contributed by atoms with Gasteiger partial charge in [0.2, 0.25) is 11.7 Å². The van der Waals surface area contributed by atoms with Gasteiger partial charge in [0.05, 0.1) is 6.04 Å². The van der Waals surface area contributed by atoms with Gasteiger partial charge in [-0.15, -0.1) is 6.58 Å². The maximum atomic E-state index is 5.81. The highest BCUT2D eigenvalue weighted by Crippen LogP contribution is 2.17. The first kappa shape index (κ1) is 10.5. The van der Waals surface area contributed by atoms with Crippen LogP contribution in [0.4, 0.5) is 0 Å². The molecule has 1 unspecified atom stereocenters. The Labute approximate surface area is 93.0 Å². The van der Waals surface area contributed by atoms with E-state index in [1.54, 1.807) is 12.3 Å². The van der Waals surface area contributed by atoms with Gasteiger partial charge in [0, 0.05) is 6.20 Å². The van der Waals surface area contributed by atoms with Gasteiger partial charge in [-0.1, -0.05) is 17.3 Å². The van der Waals surface area contributed by atoms with Crippen LogP contribution in [0.25, 0.3) is 11.5 Å². The fourth-order valence-electron chi connectivity index (χ4n) is 1.27. The molecule has 0 aliphatic heterocycles. The molecule has 0 saturated carbocycles. The van der Waals surface area contributed by atoms with Crippen LogP contribution in [0.3, 0.4) is 0 Å². The monoisotopic (exact) mass is 216 g/mol. The first-order valence-electron chi connectivity index (χ1n) is 4.92. The molecule has 0 amide bonds. The predicted octanol–water partition coefficient (Wildman–Crippen LogP) is 1.71. The number of pyridine rings is 1. The average Bonchev–Trinajstić information content (AvgIpc) is 2.80. The quantitative estimate of drug-likeness (QED) is 0.787. The molecule has 82 valence electrons. The van der Waals surface area contributed by atoms with Crippen molar-refractivity contribution in [1.82, 2.24) is 15.1 Å². The third-order valence-corrected chi connectivity index (χ3v) is 2.07. The Morgan fingerprint density at radius 2 is 2.38 bits per heavy atom. The van der Waals surface area contributed by atoms with Gasteiger partial charge in [-0.3, -0.25) is 4.98 Å². The van der Waals surface area contributed by atoms with Crippen LogP contribution in [0.15, 0.2) is 41.6 Å². The van der Waals surface area contributed by atoms with Crippen molar-refractivity contribution in [1.29, 1.82) is 0 Å². The van der Waals surface area contributed by atoms with Crippen LogP contribution in [-0.4, -0.2) is 15.1 Å². The molecule has 1 atom stereocenters. The molecule has 2 heterocycles. The fourth-order valence-corrected chi connectivity index (χ4v) is 1.27. The van der Waals surface area contributed by atoms with Gasteiger partial charge in [-0.05, 0) is 18.6 Å². The summed E-state index contributed by atoms with van der Waals surface area (Å²) in [6.07, 6.45) is 3.99. The lowest BCUT2D eigenvalue weighted by Crippen LogP contribution is -2.09. The average molecular weight is 216 g/mol. The van der Waals surface area contributed by atoms with Crippen LogP contribution in [0.1, 0.15) is 18.4 Å². The smallest absolute Gasteiger partial charge is 0.244 e. The molecule has 0 radical (unpaired) electrons. The highest BCUT2D eigenvalue weighted by molar-refractivity contribution is 5.47. The van der Waals surface area contributed by atoms with E-state index in [-0.39, 0.29) is 6.04 Å². The lowest BCUT2D eigenvalue weighted by molar-refractivity contribution is 0.355. The first-order chi connectivity index (χ1) is 7.81. The molecule has 0 spiro atoms. The molecule has 2 aromatic heterocycles. The van der Waals surface area contributed by atoms with Crippen LogP contribution in [0.5, 0.6) is 0 Å². The van der Waals surface area contributed by atoms with Gasteiger partial charge in [-0.25, -0.2) is 0 Å². The largest absolute Gasteiger partial charge is 0.337 e. The summed E-state index contributed by atoms with van der Waals surface area (Å²) in [5.74, 6) is 0.857. The summed E-state index contributed by atoms with van der Waals surface area (Å²) in [6.45, 7) is 3.61. The minimum Gasteiger partial charge on any atom is -0.337 e. The van der Waals surface area contributed by atoms with Gasteiger partial charge >= 0.3 is 0 Å². The number of hydrogen-bond donors (Lipinski definition) is 1. The zero-order valence-electron chi connectivity index (χ0n) is 8.71. The summed E-state index contributed by atoms with van der Waals surface area (Å²) in [6, 6.07) is 5.20. The molecular weight excluding hydrogens is 204 g/mol. The molecule has 0 fully saturated rings. The number of rotatable bonds is 4. The van der Waals surface area contributed by atoms with E-state index in [1.165, 1.54) is 0 Å². The normalized spacial score (nSPS) is 12.3. The molecule has 5 heteroatoms. The van der Waals surface area contributed by atoms with Crippen LogP contribution in [0.2, 0.25) is 0 Å². The summed E-state index contributed by atoms with van der Waals surface area (Å²) in [5, 5.41) is 3.83. The van der Waals surface area contributed by atoms with E-state index in [4.69, 9.17) is 10.3 Å². The highest BCUT2D eigenvalue weighted by Gasteiger charge is 2.14. The van der Waals surface area contributed by atoms with Gasteiger partial charge in [0.1, 0.15) is 5.69 Å². The lowest BCUT2D eigenvalue weighted by atomic mass is 10.2. The Balaban J connectivity index is 2.23. The second-order valence-corrected chi connectivity index (χ2v) is 3.30. The number of aromatic nitrogens is 3. The van der Waals surface area contributed by atoms with Gasteiger partial charge in [0.15, 0.2) is 0 Å². The minimum atomic E-state index is -0.303. The Hall–Kier alpha value is -2.01. The zero-order chi connectivity index (χ0) is 11.4. The SMILES string of the molecule is C=CCC(N)c1nc(-c2ccccn2)no1. The number of nitrogens with two attached hydrogens (primary N) is 1. The first-order valence-corrected chi connectivity index (χ1v) is 4.92. The molecular formula is C11H12N4O. The second kappa shape index (κ2) is 4.67. The molecule has 0 aliphatic rings. The van der Waals surface area contributed by atoms with E-state index in [9.17, 15) is 0 Å². The Kier molecular flexibility index (Phi) is 3.07. The van der Waals surface area contributed by atoms with E-state index in [1.807, 2.05) is 18.2 Å². The van der Waals surface area contributed by atoms with Crippen molar-refractivity contribution in [3.05, 3.63) is 42.9 Å². The fraction of sp³-hybridized carbons (Fsp3) is 0.182. The van der Waals surface area contributed by atoms with Gasteiger partial charge in [-0.2, -0.15) is 4.98 Å². The van der Waals surface area contributed by atoms with E-state index >= 15 is 0 Å². The van der Waals surface area contributed by atoms with Crippen molar-refractivity contribution in [2.45, 2.75) is 12.5 Å². The molecule has 0 aromatic carbocycles. The van der Waals surface area contributed by atoms with Gasteiger partial charge < -0.3 is 10.3 Å². The van der Waals surface area contributed by atoms with Crippen LogP contribution in [-0.2, 0) is 0 Å². The molecule has 16 heavy (non-hydrogen) atoms. The van der Waals surface area contributed by atoms with Crippen molar-refractivity contribution >= 4 is 0 Å². The summed E-state index contributed by atoms with van der Waals surface area (Å²) in [5.41, 5.74) is 6.48. The van der Waals surface area contributed by atoms with Crippen LogP contribution in [0, 0.1) is 0 Å². The Bertz CT molecular complexity index is 466. The third kappa shape index (κ3) is 2.14. The Morgan fingerprint density at radius 3 is 3.06 bits per heavy atom. The maximum Gasteiger partial charge on any atom is 0.244 e. The van der Waals surface area contributed by atoms with Gasteiger partial charge in [0.25, 0.3) is 0 Å². The molecule has 0 saturated heterocycles. The Morgan fingerprint density at radius 1 is 1.50 bits per heavy atom. The number of nitrogens with zero attached hydrogens (tertiary/aromatic N) is 3. The van der Waals surface area contributed by atoms with Crippen LogP contribution >= 0.6 is 0 Å². The molecule has 2 rings (SSSR count). The van der Waals surface area contributed by atoms with Crippen molar-refractivity contribution < 1.29 is 4.52 Å². The molecule has 2 N–H and O–H groups in total. The summed E-state index contributed by atoms with van der Waals surface area (Å²) in [4.78, 5) is 8.31. The summed E-state index contributed by atoms with van der Waals surface area (Å²) >= 11 is 0. The standard InChI is InChI=1S/C11H12N4O/c1-2-5-8(12)11-14-10(15-16-11)9-6-3-4-7-13-9/h2-4,6-8H,1,5,12H2. The predicted molar refractivity (Wildman–Crippen MR) is 59.3 cm³/mol. The maximum absolute atomic E-state index is 5.81. The topological polar surface area (TPSA) is 77.8 Å². The van der Waals surface area contributed by atoms with E-state index in [0.717, 1.165) is 0 Å². The van der Waals surface area contributed by atoms with Crippen molar-refractivity contribution in [3.8, 4) is 11.5 Å². The third-order valence-electron chi connectivity index (χ3n) is 2.07. The van der Waals surface area contributed by atoms with Crippen molar-refractivity contribution in [3.63, 3.8) is 0 Å². The van der Waals surface area contributed by atoms with E-state index in [0.29, 0.717) is 23.8 Å². The minimum absolute atomic E-state index is 0.303. The summed E-state index contributed by atoms with van der Waals surface area (Å²) in [7, 11) is 0. The van der Waals surface area contributed by atoms with Crippen LogP contribution < -0.4 is 5.73 Å². The number of hydrogen-bond acceptors (Lipinski definition) is 5. The second-order valence-electron chi connectivity index (χ2n) is 3.30. The van der Waals surface area contributed by atoms with Crippen molar-refractivity contribution in [2.75, 3.05) is 0 Å². The highest BCUT2D eigenvalue weighted by atomic mass is 16.5. The van der Waals surface area contributed by atoms with E-state index < -0.39 is 0 Å². The van der Waals surface area contributed by atoms with E-state index in [2.05, 4.69) is 21.7 Å². The molecule has 5 nitrogen and oxygen atoms in total.